The maximum absolute atomic E-state index is 13.4. The molecule has 4 aromatic rings. The molecule has 42 heavy (non-hydrogen) atoms. The standard InChI is InChI=1S/C28H16ClF12P/c29-42(21-9-1-17(2-10-21)25(30,31)32,22-11-3-18(4-12-22)26(33,34)35,23-13-5-19(6-14-23)27(36,37)38)24-15-7-20(8-16-24)28(39,40)41/h1-16H. The first-order valence-electron chi connectivity index (χ1n) is 11.6. The Balaban J connectivity index is 2.16. The zero-order valence-electron chi connectivity index (χ0n) is 20.6. The van der Waals surface area contributed by atoms with Gasteiger partial charge >= 0.3 is 235 Å². The molecule has 4 aromatic carbocycles. The van der Waals surface area contributed by atoms with E-state index in [-0.39, 0.29) is 21.2 Å². The van der Waals surface area contributed by atoms with E-state index < -0.39 is 52.9 Å². The number of rotatable bonds is 4. The normalized spacial score (nSPS) is 14.4. The van der Waals surface area contributed by atoms with E-state index in [1.165, 1.54) is 0 Å². The molecule has 0 saturated heterocycles. The van der Waals surface area contributed by atoms with Crippen molar-refractivity contribution in [3.05, 3.63) is 119 Å². The first-order chi connectivity index (χ1) is 19.2. The van der Waals surface area contributed by atoms with E-state index in [0.29, 0.717) is 48.5 Å². The van der Waals surface area contributed by atoms with Crippen LogP contribution in [0, 0.1) is 0 Å². The number of benzene rings is 4. The summed E-state index contributed by atoms with van der Waals surface area (Å²) in [6, 6.07) is 12.3. The third-order valence-electron chi connectivity index (χ3n) is 6.72. The van der Waals surface area contributed by atoms with E-state index in [1.54, 1.807) is 0 Å². The summed E-state index contributed by atoms with van der Waals surface area (Å²) in [4.78, 5) is 0. The number of hydrogen-bond acceptors (Lipinski definition) is 0. The predicted octanol–water partition coefficient (Wildman–Crippen LogP) is 9.07. The SMILES string of the molecule is FC(F)(F)c1ccc(P(Cl)(c2ccc(C(F)(F)F)cc2)(c2ccc(C(F)(F)F)cc2)c2ccc(C(F)(F)F)cc2)cc1. The van der Waals surface area contributed by atoms with Crippen molar-refractivity contribution >= 4 is 38.4 Å². The molecule has 0 atom stereocenters. The predicted molar refractivity (Wildman–Crippen MR) is 137 cm³/mol. The minimum atomic E-state index is -5.16. The molecule has 0 fully saturated rings. The first kappa shape index (κ1) is 31.7. The third kappa shape index (κ3) is 5.46. The second-order valence-electron chi connectivity index (χ2n) is 9.19. The molecule has 0 bridgehead atoms. The van der Waals surface area contributed by atoms with Crippen LogP contribution in [0.3, 0.4) is 0 Å². The molecule has 224 valence electrons. The van der Waals surface area contributed by atoms with Gasteiger partial charge in [-0.1, -0.05) is 0 Å². The van der Waals surface area contributed by atoms with Crippen LogP contribution in [-0.4, -0.2) is 0 Å². The Hall–Kier alpha value is -3.24. The summed E-state index contributed by atoms with van der Waals surface area (Å²) in [7, 11) is 0. The van der Waals surface area contributed by atoms with Gasteiger partial charge in [-0.25, -0.2) is 0 Å². The molecule has 0 aliphatic rings. The molecule has 0 saturated carbocycles. The van der Waals surface area contributed by atoms with E-state index in [0.717, 1.165) is 48.5 Å². The monoisotopic (exact) mass is 646 g/mol. The second kappa shape index (κ2) is 10.2. The van der Waals surface area contributed by atoms with Gasteiger partial charge in [-0.3, -0.25) is 0 Å². The number of halogens is 13. The molecular formula is C28H16ClF12P. The van der Waals surface area contributed by atoms with Crippen LogP contribution < -0.4 is 21.2 Å². The summed E-state index contributed by atoms with van der Waals surface area (Å²) in [5, 5.41) is -0.685. The molecule has 0 N–H and O–H groups in total. The van der Waals surface area contributed by atoms with Crippen LogP contribution in [0.5, 0.6) is 0 Å². The van der Waals surface area contributed by atoms with Crippen molar-refractivity contribution in [1.29, 1.82) is 0 Å². The molecule has 0 amide bonds. The van der Waals surface area contributed by atoms with Crippen molar-refractivity contribution in [1.82, 2.24) is 0 Å². The molecular weight excluding hydrogens is 631 g/mol. The van der Waals surface area contributed by atoms with Crippen LogP contribution in [0.1, 0.15) is 22.3 Å². The third-order valence-corrected chi connectivity index (χ3v) is 14.1. The summed E-state index contributed by atoms with van der Waals surface area (Å²) < 4.78 is 161. The molecule has 0 unspecified atom stereocenters. The zero-order chi connectivity index (χ0) is 31.4. The van der Waals surface area contributed by atoms with Crippen molar-refractivity contribution in [2.75, 3.05) is 0 Å². The Bertz CT molecular complexity index is 1310. The van der Waals surface area contributed by atoms with Crippen LogP contribution in [0.4, 0.5) is 52.7 Å². The van der Waals surface area contributed by atoms with E-state index in [2.05, 4.69) is 0 Å². The van der Waals surface area contributed by atoms with Gasteiger partial charge in [0, 0.05) is 0 Å². The number of alkyl halides is 12. The fourth-order valence-electron chi connectivity index (χ4n) is 4.62. The molecule has 0 aromatic heterocycles. The Morgan fingerprint density at radius 1 is 0.310 bits per heavy atom. The van der Waals surface area contributed by atoms with Gasteiger partial charge in [0.1, 0.15) is 0 Å². The summed E-state index contributed by atoms with van der Waals surface area (Å²) >= 11 is 7.57. The number of hydrogen-bond donors (Lipinski definition) is 0. The van der Waals surface area contributed by atoms with Crippen LogP contribution in [0.15, 0.2) is 97.1 Å². The zero-order valence-corrected chi connectivity index (χ0v) is 22.2. The van der Waals surface area contributed by atoms with Crippen molar-refractivity contribution in [3.63, 3.8) is 0 Å². The molecule has 0 heterocycles. The Kier molecular flexibility index (Phi) is 7.69. The van der Waals surface area contributed by atoms with Gasteiger partial charge in [0.2, 0.25) is 0 Å². The summed E-state index contributed by atoms with van der Waals surface area (Å²) in [6.45, 7) is 0. The molecule has 0 aliphatic carbocycles. The van der Waals surface area contributed by atoms with Crippen molar-refractivity contribution in [3.8, 4) is 0 Å². The van der Waals surface area contributed by atoms with Crippen molar-refractivity contribution in [2.24, 2.45) is 0 Å². The van der Waals surface area contributed by atoms with Gasteiger partial charge < -0.3 is 0 Å². The van der Waals surface area contributed by atoms with Gasteiger partial charge in [0.25, 0.3) is 0 Å². The quantitative estimate of drug-likeness (QED) is 0.153. The maximum atomic E-state index is 13.4. The second-order valence-corrected chi connectivity index (χ2v) is 15.3. The van der Waals surface area contributed by atoms with E-state index in [1.807, 2.05) is 0 Å². The molecule has 0 nitrogen and oxygen atoms in total. The fourth-order valence-corrected chi connectivity index (χ4v) is 10.6. The Morgan fingerprint density at radius 2 is 0.452 bits per heavy atom. The van der Waals surface area contributed by atoms with Gasteiger partial charge in [0.05, 0.1) is 0 Å². The first-order valence-corrected chi connectivity index (χ1v) is 14.8. The van der Waals surface area contributed by atoms with E-state index >= 15 is 0 Å². The van der Waals surface area contributed by atoms with Crippen LogP contribution in [-0.2, 0) is 24.7 Å². The molecule has 0 aliphatic heterocycles. The minimum absolute atomic E-state index is 0.171. The average molecular weight is 647 g/mol. The Labute approximate surface area is 235 Å². The summed E-state index contributed by atoms with van der Waals surface area (Å²) in [6.07, 6.45) is -19.3. The topological polar surface area (TPSA) is 0 Å². The molecule has 0 radical (unpaired) electrons. The van der Waals surface area contributed by atoms with Gasteiger partial charge in [0.15, 0.2) is 0 Å². The van der Waals surface area contributed by atoms with Gasteiger partial charge in [-0.05, 0) is 0 Å². The summed E-state index contributed by atoms with van der Waals surface area (Å²) in [5.41, 5.74) is -4.55. The van der Waals surface area contributed by atoms with E-state index in [9.17, 15) is 52.7 Å². The van der Waals surface area contributed by atoms with Crippen LogP contribution in [0.2, 0.25) is 0 Å². The van der Waals surface area contributed by atoms with E-state index in [4.69, 9.17) is 11.2 Å². The molecule has 14 heteroatoms. The van der Waals surface area contributed by atoms with Gasteiger partial charge in [-0.2, -0.15) is 0 Å². The van der Waals surface area contributed by atoms with Crippen molar-refractivity contribution < 1.29 is 52.7 Å². The molecule has 4 rings (SSSR count). The van der Waals surface area contributed by atoms with Crippen LogP contribution in [0.25, 0.3) is 0 Å². The van der Waals surface area contributed by atoms with Gasteiger partial charge in [-0.15, -0.1) is 0 Å². The van der Waals surface area contributed by atoms with Crippen molar-refractivity contribution in [2.45, 2.75) is 24.7 Å². The average Bonchev–Trinajstić information content (AvgIpc) is 2.91. The molecule has 0 spiro atoms. The fraction of sp³-hybridized carbons (Fsp3) is 0.143. The Morgan fingerprint density at radius 3 is 0.571 bits per heavy atom. The summed E-state index contributed by atoms with van der Waals surface area (Å²) in [5.74, 6) is -5.16. The van der Waals surface area contributed by atoms with Crippen LogP contribution >= 0.6 is 17.2 Å².